The third-order valence-corrected chi connectivity index (χ3v) is 3.92. The summed E-state index contributed by atoms with van der Waals surface area (Å²) in [7, 11) is 0. The van der Waals surface area contributed by atoms with Crippen LogP contribution in [0.5, 0.6) is 5.75 Å². The van der Waals surface area contributed by atoms with Gasteiger partial charge in [0.15, 0.2) is 5.66 Å². The van der Waals surface area contributed by atoms with Crippen molar-refractivity contribution in [3.63, 3.8) is 0 Å². The van der Waals surface area contributed by atoms with Crippen LogP contribution in [0.15, 0.2) is 46.4 Å². The fraction of sp³-hybridized carbons (Fsp3) is 0.294. The Balaban J connectivity index is 2.11. The second kappa shape index (κ2) is 4.75. The van der Waals surface area contributed by atoms with Crippen molar-refractivity contribution in [3.8, 4) is 5.75 Å². The summed E-state index contributed by atoms with van der Waals surface area (Å²) in [6.07, 6.45) is 3.28. The molecule has 1 heterocycles. The molecule has 20 heavy (non-hydrogen) atoms. The zero-order valence-corrected chi connectivity index (χ0v) is 11.8. The zero-order valence-electron chi connectivity index (χ0n) is 11.8. The van der Waals surface area contributed by atoms with E-state index in [1.54, 1.807) is 6.07 Å². The zero-order chi connectivity index (χ0) is 14.2. The first-order valence-electron chi connectivity index (χ1n) is 6.95. The fourth-order valence-electron chi connectivity index (χ4n) is 2.77. The number of benzene rings is 2. The highest BCUT2D eigenvalue weighted by molar-refractivity contribution is 6.30. The van der Waals surface area contributed by atoms with Crippen LogP contribution in [0.1, 0.15) is 25.8 Å². The van der Waals surface area contributed by atoms with E-state index >= 15 is 0 Å². The summed E-state index contributed by atoms with van der Waals surface area (Å²) in [5.41, 5.74) is 1.43. The lowest BCUT2D eigenvalue weighted by atomic mass is 9.93. The van der Waals surface area contributed by atoms with E-state index < -0.39 is 5.66 Å². The maximum atomic E-state index is 10.2. The van der Waals surface area contributed by atoms with Crippen molar-refractivity contribution in [2.75, 3.05) is 0 Å². The highest BCUT2D eigenvalue weighted by atomic mass is 16.3. The Bertz CT molecular complexity index is 718. The molecule has 1 atom stereocenters. The van der Waals surface area contributed by atoms with Gasteiger partial charge in [0.1, 0.15) is 5.75 Å². The summed E-state index contributed by atoms with van der Waals surface area (Å²) in [5, 5.41) is 12.5. The van der Waals surface area contributed by atoms with Crippen LogP contribution in [0.4, 0.5) is 0 Å². The van der Waals surface area contributed by atoms with Crippen LogP contribution in [0.2, 0.25) is 0 Å². The molecule has 0 spiro atoms. The average molecular weight is 266 g/mol. The van der Waals surface area contributed by atoms with E-state index in [1.165, 1.54) is 0 Å². The third kappa shape index (κ3) is 2.09. The van der Waals surface area contributed by atoms with Gasteiger partial charge in [-0.1, -0.05) is 37.3 Å². The number of nitrogens with zero attached hydrogens (tertiary/aromatic N) is 2. The Kier molecular flexibility index (Phi) is 3.05. The molecule has 0 radical (unpaired) electrons. The van der Waals surface area contributed by atoms with E-state index in [0.717, 1.165) is 28.5 Å². The molecule has 1 aliphatic rings. The average Bonchev–Trinajstić information content (AvgIpc) is 2.84. The molecule has 2 aromatic rings. The van der Waals surface area contributed by atoms with Gasteiger partial charge in [-0.2, -0.15) is 0 Å². The van der Waals surface area contributed by atoms with E-state index in [1.807, 2.05) is 37.4 Å². The first-order chi connectivity index (χ1) is 9.63. The molecule has 0 bridgehead atoms. The molecule has 0 fully saturated rings. The second-order valence-corrected chi connectivity index (χ2v) is 5.31. The van der Waals surface area contributed by atoms with Gasteiger partial charge in [-0.25, -0.2) is 0 Å². The maximum absolute atomic E-state index is 10.2. The highest BCUT2D eigenvalue weighted by Crippen LogP contribution is 2.34. The summed E-state index contributed by atoms with van der Waals surface area (Å²) in [6.45, 7) is 4.05. The first-order valence-corrected chi connectivity index (χ1v) is 6.95. The molecule has 1 aliphatic heterocycles. The van der Waals surface area contributed by atoms with E-state index in [-0.39, 0.29) is 0 Å². The van der Waals surface area contributed by atoms with Crippen molar-refractivity contribution in [2.24, 2.45) is 9.98 Å². The molecule has 0 aromatic heterocycles. The number of fused-ring (bicyclic) bond motifs is 1. The lowest BCUT2D eigenvalue weighted by Crippen LogP contribution is -2.24. The topological polar surface area (TPSA) is 45.0 Å². The molecule has 1 unspecified atom stereocenters. The summed E-state index contributed by atoms with van der Waals surface area (Å²) in [6, 6.07) is 11.8. The number of hydrogen-bond acceptors (Lipinski definition) is 3. The van der Waals surface area contributed by atoms with Crippen LogP contribution < -0.4 is 0 Å². The second-order valence-electron chi connectivity index (χ2n) is 5.31. The van der Waals surface area contributed by atoms with Crippen molar-refractivity contribution in [3.05, 3.63) is 42.0 Å². The smallest absolute Gasteiger partial charge is 0.154 e. The Morgan fingerprint density at radius 1 is 1.15 bits per heavy atom. The molecule has 1 N–H and O–H groups in total. The summed E-state index contributed by atoms with van der Waals surface area (Å²) < 4.78 is 0. The Hall–Kier alpha value is -2.16. The van der Waals surface area contributed by atoms with Crippen LogP contribution in [0, 0.1) is 0 Å². The molecule has 2 aromatic carbocycles. The fourth-order valence-corrected chi connectivity index (χ4v) is 2.77. The van der Waals surface area contributed by atoms with Crippen LogP contribution >= 0.6 is 0 Å². The molecular formula is C17H18N2O. The first kappa shape index (κ1) is 12.9. The van der Waals surface area contributed by atoms with Gasteiger partial charge < -0.3 is 5.11 Å². The number of phenols is 1. The van der Waals surface area contributed by atoms with Crippen molar-refractivity contribution < 1.29 is 5.11 Å². The van der Waals surface area contributed by atoms with E-state index in [2.05, 4.69) is 23.0 Å². The predicted octanol–water partition coefficient (Wildman–Crippen LogP) is 3.74. The van der Waals surface area contributed by atoms with Gasteiger partial charge in [-0.05, 0) is 30.2 Å². The lowest BCUT2D eigenvalue weighted by Gasteiger charge is -2.23. The van der Waals surface area contributed by atoms with E-state index in [9.17, 15) is 5.11 Å². The summed E-state index contributed by atoms with van der Waals surface area (Å²) >= 11 is 0. The van der Waals surface area contributed by atoms with Crippen LogP contribution in [-0.4, -0.2) is 22.7 Å². The van der Waals surface area contributed by atoms with Crippen LogP contribution in [-0.2, 0) is 6.42 Å². The monoisotopic (exact) mass is 266 g/mol. The molecule has 3 heteroatoms. The molecule has 0 aliphatic carbocycles. The number of aliphatic imine (C=N–C) groups is 2. The minimum atomic E-state index is -0.453. The number of aromatic hydroxyl groups is 1. The van der Waals surface area contributed by atoms with Gasteiger partial charge in [-0.3, -0.25) is 9.98 Å². The summed E-state index contributed by atoms with van der Waals surface area (Å²) in [5.74, 6) is 0.325. The number of phenolic OH excluding ortho intramolecular Hbond substituents is 1. The van der Waals surface area contributed by atoms with Gasteiger partial charge in [0.25, 0.3) is 0 Å². The van der Waals surface area contributed by atoms with Crippen molar-refractivity contribution >= 4 is 22.7 Å². The van der Waals surface area contributed by atoms with Gasteiger partial charge in [0, 0.05) is 18.2 Å². The number of rotatable bonds is 3. The van der Waals surface area contributed by atoms with Crippen molar-refractivity contribution in [2.45, 2.75) is 32.4 Å². The minimum absolute atomic E-state index is 0.325. The van der Waals surface area contributed by atoms with E-state index in [0.29, 0.717) is 12.2 Å². The van der Waals surface area contributed by atoms with Gasteiger partial charge >= 0.3 is 0 Å². The SMILES string of the molecule is CCC1(Cc2c(O)ccc3ccccc23)N=CC(C)=N1. The Morgan fingerprint density at radius 2 is 1.95 bits per heavy atom. The van der Waals surface area contributed by atoms with E-state index in [4.69, 9.17) is 0 Å². The Morgan fingerprint density at radius 3 is 2.65 bits per heavy atom. The van der Waals surface area contributed by atoms with Crippen LogP contribution in [0.3, 0.4) is 0 Å². The Labute approximate surface area is 118 Å². The quantitative estimate of drug-likeness (QED) is 0.903. The van der Waals surface area contributed by atoms with Gasteiger partial charge in [0.2, 0.25) is 0 Å². The molecule has 102 valence electrons. The summed E-state index contributed by atoms with van der Waals surface area (Å²) in [4.78, 5) is 9.24. The molecule has 3 nitrogen and oxygen atoms in total. The lowest BCUT2D eigenvalue weighted by molar-refractivity contribution is 0.421. The third-order valence-electron chi connectivity index (χ3n) is 3.92. The molecule has 0 saturated heterocycles. The standard InChI is InChI=1S/C17H18N2O/c1-3-17(18-11-12(2)19-17)10-15-14-7-5-4-6-13(14)8-9-16(15)20/h4-9,11,20H,3,10H2,1-2H3. The maximum Gasteiger partial charge on any atom is 0.154 e. The highest BCUT2D eigenvalue weighted by Gasteiger charge is 2.31. The molecular weight excluding hydrogens is 248 g/mol. The molecule has 0 saturated carbocycles. The largest absolute Gasteiger partial charge is 0.508 e. The van der Waals surface area contributed by atoms with Crippen LogP contribution in [0.25, 0.3) is 10.8 Å². The predicted molar refractivity (Wildman–Crippen MR) is 83.9 cm³/mol. The minimum Gasteiger partial charge on any atom is -0.508 e. The normalized spacial score (nSPS) is 21.4. The molecule has 0 amide bonds. The van der Waals surface area contributed by atoms with Gasteiger partial charge in [-0.15, -0.1) is 0 Å². The van der Waals surface area contributed by atoms with Crippen molar-refractivity contribution in [1.29, 1.82) is 0 Å². The molecule has 3 rings (SSSR count). The number of hydrogen-bond donors (Lipinski definition) is 1. The van der Waals surface area contributed by atoms with Gasteiger partial charge in [0.05, 0.1) is 5.71 Å². The van der Waals surface area contributed by atoms with Crippen molar-refractivity contribution in [1.82, 2.24) is 0 Å².